The monoisotopic (exact) mass is 639 g/mol. The molecule has 0 aromatic heterocycles. The molecule has 45 heavy (non-hydrogen) atoms. The normalized spacial score (nSPS) is 12.4. The maximum atomic E-state index is 13.3. The number of halogens is 8. The molecule has 0 atom stereocenters. The highest BCUT2D eigenvalue weighted by molar-refractivity contribution is 5.94. The van der Waals surface area contributed by atoms with E-state index < -0.39 is 41.7 Å². The van der Waals surface area contributed by atoms with Crippen molar-refractivity contribution in [2.24, 2.45) is 0 Å². The summed E-state index contributed by atoms with van der Waals surface area (Å²) in [4.78, 5) is 13.3. The van der Waals surface area contributed by atoms with E-state index in [4.69, 9.17) is 0 Å². The van der Waals surface area contributed by atoms with Crippen LogP contribution in [0.2, 0.25) is 0 Å². The molecule has 0 radical (unpaired) electrons. The van der Waals surface area contributed by atoms with Crippen LogP contribution in [0.15, 0.2) is 103 Å². The predicted octanol–water partition coefficient (Wildman–Crippen LogP) is 8.43. The number of hydrogen-bond donors (Lipinski definition) is 1. The first-order valence-electron chi connectivity index (χ1n) is 13.2. The average Bonchev–Trinajstić information content (AvgIpc) is 2.94. The van der Waals surface area contributed by atoms with E-state index in [1.165, 1.54) is 36.4 Å². The maximum Gasteiger partial charge on any atom is 0.573 e. The van der Waals surface area contributed by atoms with E-state index >= 15 is 0 Å². The molecule has 0 spiro atoms. The van der Waals surface area contributed by atoms with Crippen LogP contribution in [0.1, 0.15) is 34.0 Å². The Morgan fingerprint density at radius 2 is 1.13 bits per heavy atom. The molecule has 4 aromatic carbocycles. The number of rotatable bonds is 11. The average molecular weight is 640 g/mol. The van der Waals surface area contributed by atoms with Crippen LogP contribution >= 0.6 is 0 Å². The molecule has 0 saturated heterocycles. The zero-order valence-electron chi connectivity index (χ0n) is 23.4. The Balaban J connectivity index is 1.81. The molecule has 0 unspecified atom stereocenters. The fourth-order valence-electron chi connectivity index (χ4n) is 4.78. The van der Waals surface area contributed by atoms with Crippen LogP contribution in [0.3, 0.4) is 0 Å². The van der Waals surface area contributed by atoms with Gasteiger partial charge in [-0.2, -0.15) is 8.78 Å². The van der Waals surface area contributed by atoms with Gasteiger partial charge in [-0.3, -0.25) is 4.79 Å². The molecule has 0 bridgehead atoms. The molecular weight excluding hydrogens is 614 g/mol. The Labute approximate surface area is 252 Å². The van der Waals surface area contributed by atoms with E-state index in [0.717, 1.165) is 36.4 Å². The molecule has 5 nitrogen and oxygen atoms in total. The van der Waals surface area contributed by atoms with Crippen LogP contribution in [-0.2, 0) is 11.8 Å². The van der Waals surface area contributed by atoms with Crippen molar-refractivity contribution in [3.8, 4) is 17.2 Å². The first-order valence-corrected chi connectivity index (χ1v) is 13.2. The molecule has 0 fully saturated rings. The second kappa shape index (κ2) is 13.0. The highest BCUT2D eigenvalue weighted by Crippen LogP contribution is 2.40. The van der Waals surface area contributed by atoms with Crippen LogP contribution in [0, 0.1) is 0 Å². The summed E-state index contributed by atoms with van der Waals surface area (Å²) in [5.74, 6) is -2.09. The van der Waals surface area contributed by atoms with Crippen molar-refractivity contribution in [1.29, 1.82) is 0 Å². The number of alkyl halides is 8. The maximum absolute atomic E-state index is 13.3. The van der Waals surface area contributed by atoms with Gasteiger partial charge < -0.3 is 19.5 Å². The molecule has 238 valence electrons. The smallest absolute Gasteiger partial charge is 0.433 e. The molecule has 0 aliphatic carbocycles. The first kappa shape index (κ1) is 33.1. The van der Waals surface area contributed by atoms with Crippen molar-refractivity contribution in [1.82, 2.24) is 5.32 Å². The Kier molecular flexibility index (Phi) is 9.59. The first-order chi connectivity index (χ1) is 21.0. The standard InChI is InChI=1S/C32H25F8NO4/c1-29(33,34)43-25-15-13-22(14-16-25)28(42)41-20-30(19-21-7-3-2-4-8-21,23-9-5-11-26(17-23)44-31(35,36)37)24-10-6-12-27(18-24)45-32(38,39)40/h2-18H,19-20H2,1H3,(H,41,42). The largest absolute Gasteiger partial charge is 0.573 e. The van der Waals surface area contributed by atoms with E-state index in [-0.39, 0.29) is 35.4 Å². The van der Waals surface area contributed by atoms with Gasteiger partial charge in [-0.1, -0.05) is 54.6 Å². The van der Waals surface area contributed by atoms with E-state index in [1.807, 2.05) is 0 Å². The van der Waals surface area contributed by atoms with Gasteiger partial charge in [0.15, 0.2) is 0 Å². The van der Waals surface area contributed by atoms with Gasteiger partial charge >= 0.3 is 18.8 Å². The molecule has 0 saturated carbocycles. The molecular formula is C32H25F8NO4. The summed E-state index contributed by atoms with van der Waals surface area (Å²) in [5.41, 5.74) is -0.477. The third-order valence-electron chi connectivity index (χ3n) is 6.55. The van der Waals surface area contributed by atoms with Gasteiger partial charge in [0, 0.05) is 24.4 Å². The van der Waals surface area contributed by atoms with Crippen LogP contribution < -0.4 is 19.5 Å². The number of carbonyl (C=O) groups is 1. The van der Waals surface area contributed by atoms with Gasteiger partial charge in [0.05, 0.1) is 0 Å². The fourth-order valence-corrected chi connectivity index (χ4v) is 4.78. The summed E-state index contributed by atoms with van der Waals surface area (Å²) < 4.78 is 118. The van der Waals surface area contributed by atoms with Crippen LogP contribution in [0.25, 0.3) is 0 Å². The number of ether oxygens (including phenoxy) is 3. The predicted molar refractivity (Wildman–Crippen MR) is 147 cm³/mol. The van der Waals surface area contributed by atoms with E-state index in [9.17, 15) is 39.9 Å². The lowest BCUT2D eigenvalue weighted by Crippen LogP contribution is -2.43. The SMILES string of the molecule is CC(F)(F)Oc1ccc(C(=O)NCC(Cc2ccccc2)(c2cccc(OC(F)(F)F)c2)c2cccc(OC(F)(F)F)c2)cc1. The van der Waals surface area contributed by atoms with Crippen molar-refractivity contribution in [3.05, 3.63) is 125 Å². The summed E-state index contributed by atoms with van der Waals surface area (Å²) in [6.45, 7) is 0.209. The molecule has 1 N–H and O–H groups in total. The van der Waals surface area contributed by atoms with Gasteiger partial charge in [-0.25, -0.2) is 0 Å². The highest BCUT2D eigenvalue weighted by Gasteiger charge is 2.38. The molecule has 0 aliphatic rings. The topological polar surface area (TPSA) is 56.8 Å². The van der Waals surface area contributed by atoms with Crippen molar-refractivity contribution in [3.63, 3.8) is 0 Å². The van der Waals surface area contributed by atoms with Crippen LogP contribution in [0.4, 0.5) is 35.1 Å². The number of amides is 1. The quantitative estimate of drug-likeness (QED) is 0.168. The van der Waals surface area contributed by atoms with E-state index in [1.54, 1.807) is 30.3 Å². The second-order valence-corrected chi connectivity index (χ2v) is 10.0. The number of hydrogen-bond acceptors (Lipinski definition) is 4. The Bertz CT molecular complexity index is 1520. The van der Waals surface area contributed by atoms with E-state index in [0.29, 0.717) is 12.5 Å². The van der Waals surface area contributed by atoms with Gasteiger partial charge in [0.2, 0.25) is 0 Å². The Morgan fingerprint density at radius 1 is 0.622 bits per heavy atom. The van der Waals surface area contributed by atoms with Crippen LogP contribution in [0.5, 0.6) is 17.2 Å². The van der Waals surface area contributed by atoms with Crippen molar-refractivity contribution >= 4 is 5.91 Å². The molecule has 0 heterocycles. The molecule has 1 amide bonds. The molecule has 13 heteroatoms. The summed E-state index contributed by atoms with van der Waals surface area (Å²) in [6.07, 6.45) is -13.5. The lowest BCUT2D eigenvalue weighted by molar-refractivity contribution is -0.275. The Morgan fingerprint density at radius 3 is 1.60 bits per heavy atom. The number of carbonyl (C=O) groups excluding carboxylic acids is 1. The van der Waals surface area contributed by atoms with Crippen molar-refractivity contribution in [2.45, 2.75) is 37.6 Å². The minimum absolute atomic E-state index is 0.00256. The van der Waals surface area contributed by atoms with Crippen molar-refractivity contribution < 1.29 is 54.1 Å². The van der Waals surface area contributed by atoms with Gasteiger partial charge in [-0.05, 0) is 71.6 Å². The third-order valence-corrected chi connectivity index (χ3v) is 6.55. The summed E-state index contributed by atoms with van der Waals surface area (Å²) in [7, 11) is 0. The highest BCUT2D eigenvalue weighted by atomic mass is 19.4. The van der Waals surface area contributed by atoms with Gasteiger partial charge in [-0.15, -0.1) is 26.3 Å². The third kappa shape index (κ3) is 9.59. The molecule has 4 aromatic rings. The minimum atomic E-state index is -5.03. The fraction of sp³-hybridized carbons (Fsp3) is 0.219. The van der Waals surface area contributed by atoms with Crippen molar-refractivity contribution in [2.75, 3.05) is 6.54 Å². The zero-order chi connectivity index (χ0) is 32.9. The second-order valence-electron chi connectivity index (χ2n) is 10.0. The van der Waals surface area contributed by atoms with E-state index in [2.05, 4.69) is 19.5 Å². The summed E-state index contributed by atoms with van der Waals surface area (Å²) in [6, 6.07) is 23.1. The van der Waals surface area contributed by atoms with Gasteiger partial charge in [0.25, 0.3) is 5.91 Å². The summed E-state index contributed by atoms with van der Waals surface area (Å²) >= 11 is 0. The zero-order valence-corrected chi connectivity index (χ0v) is 23.4. The molecule has 4 rings (SSSR count). The number of benzene rings is 4. The lowest BCUT2D eigenvalue weighted by Gasteiger charge is -2.36. The lowest BCUT2D eigenvalue weighted by atomic mass is 9.70. The van der Waals surface area contributed by atoms with Crippen LogP contribution in [-0.4, -0.2) is 31.3 Å². The number of nitrogens with one attached hydrogen (secondary N) is 1. The summed E-state index contributed by atoms with van der Waals surface area (Å²) in [5, 5.41) is 2.71. The Hall–Kier alpha value is -4.81. The molecule has 0 aliphatic heterocycles. The minimum Gasteiger partial charge on any atom is -0.433 e. The van der Waals surface area contributed by atoms with Gasteiger partial charge in [0.1, 0.15) is 17.2 Å².